The van der Waals surface area contributed by atoms with Gasteiger partial charge < -0.3 is 0 Å². The van der Waals surface area contributed by atoms with Crippen LogP contribution in [0.2, 0.25) is 0 Å². The Bertz CT molecular complexity index is 1210. The second-order valence-corrected chi connectivity index (χ2v) is 11.6. The standard InChI is InChI=1S/C16H16F3IN7O3S/c1-31(28,29)25-20-12-7-26(2-3-30-12)13-4-11(21-8-22-13)9-5-23-27-6-10(17)14(15(18)19)24-16(9)27/h4-6,8,12,15,25H,2-3,7H2,1H3/q-1/t12-/m1/s1. The summed E-state index contributed by atoms with van der Waals surface area (Å²) in [6.07, 6.45) is 1.56. The Morgan fingerprint density at radius 1 is 1.35 bits per heavy atom. The average Bonchev–Trinajstić information content (AvgIpc) is 3.14. The number of hydrogen-bond donors (Lipinski definition) is 1. The molecule has 1 aliphatic heterocycles. The van der Waals surface area contributed by atoms with E-state index in [1.807, 2.05) is 4.90 Å². The van der Waals surface area contributed by atoms with Gasteiger partial charge in [-0.1, -0.05) is 0 Å². The Balaban J connectivity index is 1.61. The van der Waals surface area contributed by atoms with Gasteiger partial charge in [0.05, 0.1) is 0 Å². The zero-order chi connectivity index (χ0) is 22.2. The van der Waals surface area contributed by atoms with Crippen molar-refractivity contribution in [1.29, 1.82) is 0 Å². The van der Waals surface area contributed by atoms with Gasteiger partial charge in [0, 0.05) is 0 Å². The van der Waals surface area contributed by atoms with E-state index in [0.29, 0.717) is 36.8 Å². The maximum atomic E-state index is 13.8. The monoisotopic (exact) mass is 570 g/mol. The summed E-state index contributed by atoms with van der Waals surface area (Å²) >= 11 is -0.963. The van der Waals surface area contributed by atoms with Crippen LogP contribution in [0.1, 0.15) is 12.1 Å². The normalized spacial score (nSPS) is 17.7. The summed E-state index contributed by atoms with van der Waals surface area (Å²) in [5.41, 5.74) is -0.181. The number of rotatable bonds is 6. The Hall–Kier alpha value is -2.11. The summed E-state index contributed by atoms with van der Waals surface area (Å²) < 4.78 is 71.5. The number of morpholine rings is 1. The molecule has 1 saturated heterocycles. The van der Waals surface area contributed by atoms with Gasteiger partial charge in [0.15, 0.2) is 0 Å². The molecule has 3 aromatic rings. The molecule has 0 bridgehead atoms. The summed E-state index contributed by atoms with van der Waals surface area (Å²) in [5, 5.41) is 3.97. The molecule has 31 heavy (non-hydrogen) atoms. The first-order chi connectivity index (χ1) is 14.7. The van der Waals surface area contributed by atoms with Crippen LogP contribution in [0.15, 0.2) is 24.8 Å². The number of halogens is 4. The molecule has 0 aliphatic carbocycles. The van der Waals surface area contributed by atoms with Crippen LogP contribution in [-0.2, 0) is 14.8 Å². The average molecular weight is 570 g/mol. The molecule has 0 unspecified atom stereocenters. The van der Waals surface area contributed by atoms with Crippen molar-refractivity contribution in [2.75, 3.05) is 30.9 Å². The Labute approximate surface area is 185 Å². The molecule has 1 aliphatic rings. The number of ether oxygens (including phenoxy) is 1. The molecule has 15 heteroatoms. The van der Waals surface area contributed by atoms with Crippen LogP contribution < -0.4 is 29.3 Å². The van der Waals surface area contributed by atoms with Crippen molar-refractivity contribution in [3.8, 4) is 11.3 Å². The fraction of sp³-hybridized carbons (Fsp3) is 0.375. The Morgan fingerprint density at radius 3 is 2.90 bits per heavy atom. The third kappa shape index (κ3) is 5.04. The molecule has 10 nitrogen and oxygen atoms in total. The van der Waals surface area contributed by atoms with E-state index in [1.54, 1.807) is 6.07 Å². The third-order valence-corrected chi connectivity index (χ3v) is 9.25. The van der Waals surface area contributed by atoms with Gasteiger partial charge in [-0.2, -0.15) is 0 Å². The quantitative estimate of drug-likeness (QED) is 0.205. The van der Waals surface area contributed by atoms with Crippen LogP contribution in [0.3, 0.4) is 0 Å². The van der Waals surface area contributed by atoms with Crippen LogP contribution in [0.5, 0.6) is 0 Å². The molecule has 0 aromatic carbocycles. The maximum absolute atomic E-state index is 13.8. The summed E-state index contributed by atoms with van der Waals surface area (Å²) in [6, 6.07) is 1.65. The Kier molecular flexibility index (Phi) is 6.27. The summed E-state index contributed by atoms with van der Waals surface area (Å²) in [7, 11) is -3.30. The molecule has 0 amide bonds. The van der Waals surface area contributed by atoms with Crippen LogP contribution in [0.4, 0.5) is 19.0 Å². The number of sulfonamides is 1. The van der Waals surface area contributed by atoms with Crippen molar-refractivity contribution in [2.45, 2.75) is 10.5 Å². The SMILES string of the molecule is CS(=O)(=O)N[I-][C@H]1CN(c2cc(-c3cnn4cc(F)c(C(F)F)nc34)ncn2)CCO1. The van der Waals surface area contributed by atoms with Gasteiger partial charge in [-0.25, -0.2) is 0 Å². The summed E-state index contributed by atoms with van der Waals surface area (Å²) in [6.45, 7) is 1.35. The number of anilines is 1. The fourth-order valence-electron chi connectivity index (χ4n) is 2.92. The van der Waals surface area contributed by atoms with Crippen LogP contribution in [0.25, 0.3) is 16.9 Å². The van der Waals surface area contributed by atoms with E-state index in [1.165, 1.54) is 12.5 Å². The van der Waals surface area contributed by atoms with E-state index in [-0.39, 0.29) is 9.76 Å². The van der Waals surface area contributed by atoms with Crippen molar-refractivity contribution in [1.82, 2.24) is 27.5 Å². The van der Waals surface area contributed by atoms with Gasteiger partial charge in [0.25, 0.3) is 0 Å². The third-order valence-electron chi connectivity index (χ3n) is 4.27. The zero-order valence-electron chi connectivity index (χ0n) is 15.9. The number of hydrogen-bond acceptors (Lipinski definition) is 8. The molecule has 0 radical (unpaired) electrons. The molecule has 168 valence electrons. The van der Waals surface area contributed by atoms with E-state index in [2.05, 4.69) is 23.0 Å². The van der Waals surface area contributed by atoms with Crippen molar-refractivity contribution in [3.63, 3.8) is 0 Å². The summed E-state index contributed by atoms with van der Waals surface area (Å²) in [5.74, 6) is -0.594. The van der Waals surface area contributed by atoms with Gasteiger partial charge in [0.1, 0.15) is 0 Å². The van der Waals surface area contributed by atoms with E-state index >= 15 is 0 Å². The van der Waals surface area contributed by atoms with E-state index in [0.717, 1.165) is 17.0 Å². The predicted octanol–water partition coefficient (Wildman–Crippen LogP) is -2.02. The van der Waals surface area contributed by atoms with E-state index in [4.69, 9.17) is 4.74 Å². The first-order valence-corrected chi connectivity index (χ1v) is 13.0. The molecule has 4 rings (SSSR count). The topological polar surface area (TPSA) is 115 Å². The van der Waals surface area contributed by atoms with Gasteiger partial charge >= 0.3 is 186 Å². The first kappa shape index (κ1) is 22.1. The molecule has 1 atom stereocenters. The number of alkyl halides is 3. The van der Waals surface area contributed by atoms with Gasteiger partial charge in [0.2, 0.25) is 0 Å². The minimum atomic E-state index is -3.30. The molecular weight excluding hydrogens is 554 g/mol. The molecule has 3 aromatic heterocycles. The molecule has 1 N–H and O–H groups in total. The second kappa shape index (κ2) is 8.79. The predicted molar refractivity (Wildman–Crippen MR) is 98.9 cm³/mol. The fourth-order valence-corrected chi connectivity index (χ4v) is 6.52. The van der Waals surface area contributed by atoms with Gasteiger partial charge in [-0.05, 0) is 0 Å². The van der Waals surface area contributed by atoms with Crippen LogP contribution in [-0.4, -0.2) is 63.0 Å². The van der Waals surface area contributed by atoms with Crippen molar-refractivity contribution < 1.29 is 47.8 Å². The van der Waals surface area contributed by atoms with Crippen molar-refractivity contribution in [3.05, 3.63) is 36.3 Å². The number of nitrogens with one attached hydrogen (secondary N) is 1. The minimum absolute atomic E-state index is 0.0458. The second-order valence-electron chi connectivity index (χ2n) is 6.55. The van der Waals surface area contributed by atoms with Crippen LogP contribution in [0, 0.1) is 5.82 Å². The van der Waals surface area contributed by atoms with Gasteiger partial charge in [-0.3, -0.25) is 0 Å². The van der Waals surface area contributed by atoms with E-state index < -0.39 is 49.4 Å². The van der Waals surface area contributed by atoms with E-state index in [9.17, 15) is 21.6 Å². The molecule has 0 saturated carbocycles. The first-order valence-electron chi connectivity index (χ1n) is 8.81. The number of fused-ring (bicyclic) bond motifs is 1. The molecular formula is C16H16F3IN7O3S-. The van der Waals surface area contributed by atoms with Crippen molar-refractivity contribution >= 4 is 21.5 Å². The van der Waals surface area contributed by atoms with Crippen molar-refractivity contribution in [2.24, 2.45) is 0 Å². The molecule has 0 spiro atoms. The van der Waals surface area contributed by atoms with Crippen LogP contribution >= 0.6 is 0 Å². The summed E-state index contributed by atoms with van der Waals surface area (Å²) in [4.78, 5) is 14.1. The molecule has 1 fully saturated rings. The van der Waals surface area contributed by atoms with Gasteiger partial charge in [-0.15, -0.1) is 0 Å². The number of nitrogens with zero attached hydrogens (tertiary/aromatic N) is 6. The number of aromatic nitrogens is 5. The molecule has 4 heterocycles. The zero-order valence-corrected chi connectivity index (χ0v) is 18.9. The Morgan fingerprint density at radius 2 is 2.16 bits per heavy atom.